The van der Waals surface area contributed by atoms with Crippen molar-refractivity contribution >= 4 is 18.9 Å². The van der Waals surface area contributed by atoms with Gasteiger partial charge in [-0.1, -0.05) is 24.5 Å². The van der Waals surface area contributed by atoms with Crippen molar-refractivity contribution in [1.82, 2.24) is 10.2 Å². The van der Waals surface area contributed by atoms with Gasteiger partial charge in [-0.3, -0.25) is 4.79 Å². The first-order valence-electron chi connectivity index (χ1n) is 8.37. The van der Waals surface area contributed by atoms with Gasteiger partial charge in [0.1, 0.15) is 0 Å². The zero-order valence-corrected chi connectivity index (χ0v) is 15.7. The van der Waals surface area contributed by atoms with Gasteiger partial charge in [-0.15, -0.1) is 0 Å². The van der Waals surface area contributed by atoms with E-state index in [0.717, 1.165) is 18.6 Å². The summed E-state index contributed by atoms with van der Waals surface area (Å²) in [6, 6.07) is 7.19. The molecule has 1 aromatic carbocycles. The van der Waals surface area contributed by atoms with Gasteiger partial charge in [-0.25, -0.2) is 0 Å². The lowest BCUT2D eigenvalue weighted by molar-refractivity contribution is -0.0893. The van der Waals surface area contributed by atoms with Crippen molar-refractivity contribution in [2.24, 2.45) is 0 Å². The van der Waals surface area contributed by atoms with E-state index in [9.17, 15) is 9.90 Å². The van der Waals surface area contributed by atoms with Crippen molar-refractivity contribution in [2.75, 3.05) is 26.7 Å². The summed E-state index contributed by atoms with van der Waals surface area (Å²) in [7, 11) is 3.63. The first kappa shape index (κ1) is 20.7. The van der Waals surface area contributed by atoms with Crippen LogP contribution in [0.5, 0.6) is 0 Å². The van der Waals surface area contributed by atoms with Gasteiger partial charge in [-0.05, 0) is 53.4 Å². The Labute approximate surface area is 146 Å². The fraction of sp³-hybridized carbons (Fsp3) is 0.611. The van der Waals surface area contributed by atoms with Gasteiger partial charge in [0.05, 0.1) is 11.2 Å². The summed E-state index contributed by atoms with van der Waals surface area (Å²) < 4.78 is 5.70. The normalized spacial score (nSPS) is 12.3. The predicted molar refractivity (Wildman–Crippen MR) is 98.8 cm³/mol. The molecule has 1 rings (SSSR count). The number of amides is 1. The van der Waals surface area contributed by atoms with E-state index in [-0.39, 0.29) is 5.91 Å². The third-order valence-corrected chi connectivity index (χ3v) is 4.45. The molecule has 0 aliphatic rings. The third-order valence-electron chi connectivity index (χ3n) is 4.45. The van der Waals surface area contributed by atoms with E-state index < -0.39 is 11.2 Å². The van der Waals surface area contributed by atoms with Crippen LogP contribution >= 0.6 is 0 Å². The number of nitrogens with zero attached hydrogens (tertiary/aromatic N) is 1. The number of aliphatic hydroxyl groups is 1. The van der Waals surface area contributed by atoms with Crippen LogP contribution in [0.4, 0.5) is 0 Å². The zero-order valence-electron chi connectivity index (χ0n) is 15.7. The predicted octanol–water partition coefficient (Wildman–Crippen LogP) is 1.18. The van der Waals surface area contributed by atoms with Gasteiger partial charge in [0, 0.05) is 18.7 Å². The van der Waals surface area contributed by atoms with Crippen molar-refractivity contribution in [1.29, 1.82) is 0 Å². The molecule has 0 aliphatic heterocycles. The SMILES string of the molecule is CCN(C)CCNC(=O)c1ccc([B]OC(C)(C)C(C)(C)O)cc1. The lowest BCUT2D eigenvalue weighted by Gasteiger charge is -2.37. The van der Waals surface area contributed by atoms with Crippen LogP contribution in [0.2, 0.25) is 0 Å². The molecule has 2 N–H and O–H groups in total. The van der Waals surface area contributed by atoms with Crippen LogP contribution in [0.3, 0.4) is 0 Å². The molecule has 6 heteroatoms. The number of likely N-dealkylation sites (N-methyl/N-ethyl adjacent to an activating group) is 1. The minimum Gasteiger partial charge on any atom is -0.427 e. The highest BCUT2D eigenvalue weighted by Gasteiger charge is 2.35. The average Bonchev–Trinajstić information content (AvgIpc) is 2.52. The summed E-state index contributed by atoms with van der Waals surface area (Å²) in [6.45, 7) is 11.6. The lowest BCUT2D eigenvalue weighted by Crippen LogP contribution is -2.49. The Morgan fingerprint density at radius 3 is 2.33 bits per heavy atom. The van der Waals surface area contributed by atoms with Crippen molar-refractivity contribution in [3.63, 3.8) is 0 Å². The molecule has 1 radical (unpaired) electrons. The summed E-state index contributed by atoms with van der Waals surface area (Å²) >= 11 is 0. The Balaban J connectivity index is 2.52. The van der Waals surface area contributed by atoms with Gasteiger partial charge in [0.25, 0.3) is 5.91 Å². The molecule has 0 fully saturated rings. The molecule has 0 saturated heterocycles. The van der Waals surface area contributed by atoms with E-state index in [4.69, 9.17) is 4.65 Å². The van der Waals surface area contributed by atoms with E-state index in [1.807, 2.05) is 33.0 Å². The van der Waals surface area contributed by atoms with Crippen molar-refractivity contribution in [3.8, 4) is 0 Å². The number of benzene rings is 1. The van der Waals surface area contributed by atoms with Gasteiger partial charge in [0.15, 0.2) is 0 Å². The number of carbonyl (C=O) groups is 1. The van der Waals surface area contributed by atoms with Crippen molar-refractivity contribution in [2.45, 2.75) is 45.8 Å². The molecule has 0 bridgehead atoms. The number of hydrogen-bond acceptors (Lipinski definition) is 4. The molecule has 0 aliphatic carbocycles. The molecule has 24 heavy (non-hydrogen) atoms. The highest BCUT2D eigenvalue weighted by molar-refractivity contribution is 6.47. The summed E-state index contributed by atoms with van der Waals surface area (Å²) in [5, 5.41) is 13.0. The Morgan fingerprint density at radius 1 is 1.25 bits per heavy atom. The van der Waals surface area contributed by atoms with Crippen LogP contribution in [0.15, 0.2) is 24.3 Å². The van der Waals surface area contributed by atoms with E-state index in [2.05, 4.69) is 17.1 Å². The topological polar surface area (TPSA) is 61.8 Å². The maximum atomic E-state index is 12.1. The highest BCUT2D eigenvalue weighted by atomic mass is 16.5. The molecule has 1 amide bonds. The molecule has 1 aromatic rings. The second kappa shape index (κ2) is 8.65. The van der Waals surface area contributed by atoms with Crippen LogP contribution in [0.1, 0.15) is 45.0 Å². The summed E-state index contributed by atoms with van der Waals surface area (Å²) in [4.78, 5) is 14.2. The largest absolute Gasteiger partial charge is 0.427 e. The first-order valence-corrected chi connectivity index (χ1v) is 8.37. The second-order valence-corrected chi connectivity index (χ2v) is 7.08. The Kier molecular flexibility index (Phi) is 7.45. The fourth-order valence-electron chi connectivity index (χ4n) is 1.69. The standard InChI is InChI=1S/C18H30BN2O3/c1-7-21(6)13-12-20-16(22)14-8-10-15(11-9-14)19-24-18(4,5)17(2,3)23/h8-11,23H,7,12-13H2,1-6H3,(H,20,22). The second-order valence-electron chi connectivity index (χ2n) is 7.08. The Hall–Kier alpha value is -1.37. The molecule has 0 heterocycles. The summed E-state index contributed by atoms with van der Waals surface area (Å²) in [5.41, 5.74) is -0.216. The zero-order chi connectivity index (χ0) is 18.4. The van der Waals surface area contributed by atoms with Gasteiger partial charge >= 0.3 is 7.48 Å². The van der Waals surface area contributed by atoms with E-state index in [1.165, 1.54) is 0 Å². The van der Waals surface area contributed by atoms with Gasteiger partial charge in [-0.2, -0.15) is 0 Å². The van der Waals surface area contributed by atoms with Crippen LogP contribution in [-0.4, -0.2) is 61.3 Å². The highest BCUT2D eigenvalue weighted by Crippen LogP contribution is 2.24. The molecule has 133 valence electrons. The minimum atomic E-state index is -0.963. The molecular weight excluding hydrogens is 303 g/mol. The molecule has 0 atom stereocenters. The third kappa shape index (κ3) is 6.26. The number of hydrogen-bond donors (Lipinski definition) is 2. The molecule has 0 unspecified atom stereocenters. The fourth-order valence-corrected chi connectivity index (χ4v) is 1.69. The number of carbonyl (C=O) groups excluding carboxylic acids is 1. The maximum Gasteiger partial charge on any atom is 0.330 e. The van der Waals surface area contributed by atoms with E-state index in [0.29, 0.717) is 12.1 Å². The summed E-state index contributed by atoms with van der Waals surface area (Å²) in [6.07, 6.45) is 0. The number of rotatable bonds is 9. The molecular formula is C18H30BN2O3. The Bertz CT molecular complexity index is 524. The van der Waals surface area contributed by atoms with Crippen LogP contribution < -0.4 is 10.8 Å². The quantitative estimate of drug-likeness (QED) is 0.666. The summed E-state index contributed by atoms with van der Waals surface area (Å²) in [5.74, 6) is -0.0798. The average molecular weight is 333 g/mol. The van der Waals surface area contributed by atoms with Crippen LogP contribution in [0.25, 0.3) is 0 Å². The lowest BCUT2D eigenvalue weighted by atomic mass is 9.82. The molecule has 0 spiro atoms. The molecule has 0 saturated carbocycles. The van der Waals surface area contributed by atoms with Crippen molar-refractivity contribution < 1.29 is 14.6 Å². The van der Waals surface area contributed by atoms with Crippen LogP contribution in [0, 0.1) is 0 Å². The molecule has 0 aromatic heterocycles. The molecule has 5 nitrogen and oxygen atoms in total. The van der Waals surface area contributed by atoms with Gasteiger partial charge in [0.2, 0.25) is 0 Å². The van der Waals surface area contributed by atoms with E-state index in [1.54, 1.807) is 33.5 Å². The smallest absolute Gasteiger partial charge is 0.330 e. The maximum absolute atomic E-state index is 12.1. The van der Waals surface area contributed by atoms with E-state index >= 15 is 0 Å². The van der Waals surface area contributed by atoms with Crippen LogP contribution in [-0.2, 0) is 4.65 Å². The minimum absolute atomic E-state index is 0.0798. The Morgan fingerprint density at radius 2 is 1.83 bits per heavy atom. The monoisotopic (exact) mass is 333 g/mol. The van der Waals surface area contributed by atoms with Crippen molar-refractivity contribution in [3.05, 3.63) is 29.8 Å². The number of nitrogens with one attached hydrogen (secondary N) is 1. The first-order chi connectivity index (χ1) is 11.1. The van der Waals surface area contributed by atoms with Gasteiger partial charge < -0.3 is 20.0 Å².